The minimum atomic E-state index is -3.73. The fourth-order valence-electron chi connectivity index (χ4n) is 0.514. The normalized spacial score (nSPS) is 20.7. The molecule has 0 spiro atoms. The molecule has 1 aliphatic heterocycles. The van der Waals surface area contributed by atoms with E-state index in [4.69, 9.17) is 10.8 Å². The van der Waals surface area contributed by atoms with Crippen LogP contribution in [0.2, 0.25) is 0 Å². The predicted octanol–water partition coefficient (Wildman–Crippen LogP) is -1.34. The molecule has 0 amide bonds. The smallest absolute Gasteiger partial charge is 0.355 e. The molecule has 7 heteroatoms. The summed E-state index contributed by atoms with van der Waals surface area (Å²) >= 11 is 0. The minimum absolute atomic E-state index is 0.519. The van der Waals surface area contributed by atoms with Crippen LogP contribution < -0.4 is 5.73 Å². The van der Waals surface area contributed by atoms with Crippen molar-refractivity contribution in [3.05, 3.63) is 11.1 Å². The maximum atomic E-state index is 10.7. The second-order valence-corrected chi connectivity index (χ2v) is 3.55. The molecule has 0 aromatic heterocycles. The molecule has 0 saturated carbocycles. The third kappa shape index (κ3) is 1.22. The molecule has 0 radical (unpaired) electrons. The Morgan fingerprint density at radius 1 is 1.64 bits per heavy atom. The van der Waals surface area contributed by atoms with Gasteiger partial charge in [0.15, 0.2) is 5.70 Å². The van der Waals surface area contributed by atoms with E-state index in [2.05, 4.69) is 4.99 Å². The summed E-state index contributed by atoms with van der Waals surface area (Å²) in [7, 11) is -3.73. The molecule has 3 N–H and O–H groups in total. The fourth-order valence-corrected chi connectivity index (χ4v) is 1.31. The Bertz CT molecular complexity index is 364. The van der Waals surface area contributed by atoms with E-state index in [9.17, 15) is 13.2 Å². The highest BCUT2D eigenvalue weighted by Crippen LogP contribution is 2.11. The largest absolute Gasteiger partial charge is 0.476 e. The number of aliphatic imine (C=N–C) groups is 1. The highest BCUT2D eigenvalue weighted by molar-refractivity contribution is 8.09. The Hall–Kier alpha value is -1.37. The lowest BCUT2D eigenvalue weighted by molar-refractivity contribution is -0.132. The molecule has 0 unspecified atom stereocenters. The summed E-state index contributed by atoms with van der Waals surface area (Å²) in [5.74, 6) is -1.41. The van der Waals surface area contributed by atoms with Crippen molar-refractivity contribution in [2.45, 2.75) is 0 Å². The first-order valence-corrected chi connectivity index (χ1v) is 4.02. The number of carboxylic acids is 1. The average molecular weight is 176 g/mol. The third-order valence-electron chi connectivity index (χ3n) is 1.01. The van der Waals surface area contributed by atoms with E-state index in [1.165, 1.54) is 0 Å². The van der Waals surface area contributed by atoms with Gasteiger partial charge in [0.05, 0.1) is 5.41 Å². The number of sulfone groups is 1. The quantitative estimate of drug-likeness (QED) is 0.513. The van der Waals surface area contributed by atoms with Crippen molar-refractivity contribution in [3.8, 4) is 0 Å². The number of carbonyl (C=O) groups is 1. The van der Waals surface area contributed by atoms with Gasteiger partial charge in [-0.15, -0.1) is 0 Å². The van der Waals surface area contributed by atoms with Gasteiger partial charge in [-0.2, -0.15) is 0 Å². The lowest BCUT2D eigenvalue weighted by atomic mass is 10.5. The van der Waals surface area contributed by atoms with Crippen LogP contribution in [0, 0.1) is 0 Å². The number of aliphatic carboxylic acids is 1. The maximum absolute atomic E-state index is 10.7. The molecule has 1 aliphatic rings. The molecule has 0 atom stereocenters. The van der Waals surface area contributed by atoms with Crippen molar-refractivity contribution >= 4 is 21.0 Å². The van der Waals surface area contributed by atoms with Crippen LogP contribution in [0.5, 0.6) is 0 Å². The summed E-state index contributed by atoms with van der Waals surface area (Å²) in [6, 6.07) is 0. The first-order valence-electron chi connectivity index (χ1n) is 2.48. The molecule has 11 heavy (non-hydrogen) atoms. The van der Waals surface area contributed by atoms with Gasteiger partial charge in [0.1, 0.15) is 0 Å². The maximum Gasteiger partial charge on any atom is 0.355 e. The lowest BCUT2D eigenvalue weighted by Crippen LogP contribution is -2.18. The van der Waals surface area contributed by atoms with Gasteiger partial charge in [-0.05, 0) is 0 Å². The average Bonchev–Trinajstić information content (AvgIpc) is 2.08. The van der Waals surface area contributed by atoms with E-state index in [1.807, 2.05) is 0 Å². The number of carboxylic acid groups (broad SMARTS) is 1. The number of amidine groups is 1. The molecule has 0 aliphatic carbocycles. The molecular weight excluding hydrogens is 172 g/mol. The molecule has 0 bridgehead atoms. The highest BCUT2D eigenvalue weighted by atomic mass is 32.2. The zero-order valence-electron chi connectivity index (χ0n) is 5.18. The van der Waals surface area contributed by atoms with Crippen LogP contribution in [0.3, 0.4) is 0 Å². The van der Waals surface area contributed by atoms with Crippen LogP contribution >= 0.6 is 0 Å². The number of rotatable bonds is 1. The summed E-state index contributed by atoms with van der Waals surface area (Å²) in [6.45, 7) is 0. The fraction of sp³-hybridized carbons (Fsp3) is 0. The van der Waals surface area contributed by atoms with E-state index in [0.717, 1.165) is 0 Å². The van der Waals surface area contributed by atoms with Gasteiger partial charge in [0, 0.05) is 0 Å². The van der Waals surface area contributed by atoms with Gasteiger partial charge in [-0.3, -0.25) is 0 Å². The molecule has 6 nitrogen and oxygen atoms in total. The predicted molar refractivity (Wildman–Crippen MR) is 36.3 cm³/mol. The Balaban J connectivity index is 3.22. The molecule has 0 aromatic carbocycles. The molecule has 0 aromatic rings. The van der Waals surface area contributed by atoms with Crippen molar-refractivity contribution in [3.63, 3.8) is 0 Å². The van der Waals surface area contributed by atoms with Gasteiger partial charge in [0.2, 0.25) is 15.0 Å². The summed E-state index contributed by atoms with van der Waals surface area (Å²) in [6.07, 6.45) is 0. The van der Waals surface area contributed by atoms with E-state index < -0.39 is 26.7 Å². The SMILES string of the molecule is NC1=NC(C(=O)O)=CS1(=O)=O. The molecular formula is C4H4N2O4S. The van der Waals surface area contributed by atoms with Crippen LogP contribution in [0.1, 0.15) is 0 Å². The number of hydrogen-bond donors (Lipinski definition) is 2. The molecule has 60 valence electrons. The van der Waals surface area contributed by atoms with Crippen molar-refractivity contribution < 1.29 is 18.3 Å². The first-order chi connectivity index (χ1) is 4.93. The Kier molecular flexibility index (Phi) is 1.45. The number of nitrogens with two attached hydrogens (primary N) is 1. The summed E-state index contributed by atoms with van der Waals surface area (Å²) in [5.41, 5.74) is 4.33. The molecule has 0 fully saturated rings. The van der Waals surface area contributed by atoms with Crippen molar-refractivity contribution in [1.82, 2.24) is 0 Å². The van der Waals surface area contributed by atoms with Gasteiger partial charge >= 0.3 is 5.97 Å². The van der Waals surface area contributed by atoms with Crippen molar-refractivity contribution in [2.75, 3.05) is 0 Å². The van der Waals surface area contributed by atoms with Gasteiger partial charge in [0.25, 0.3) is 0 Å². The summed E-state index contributed by atoms with van der Waals surface area (Å²) in [4.78, 5) is 13.2. The number of hydrogen-bond acceptors (Lipinski definition) is 5. The van der Waals surface area contributed by atoms with Crippen LogP contribution in [0.15, 0.2) is 16.1 Å². The van der Waals surface area contributed by atoms with E-state index in [0.29, 0.717) is 5.41 Å². The zero-order valence-corrected chi connectivity index (χ0v) is 6.00. The van der Waals surface area contributed by atoms with Crippen LogP contribution in [-0.4, -0.2) is 24.7 Å². The van der Waals surface area contributed by atoms with E-state index in [-0.39, 0.29) is 0 Å². The van der Waals surface area contributed by atoms with Gasteiger partial charge in [-0.25, -0.2) is 18.2 Å². The zero-order chi connectivity index (χ0) is 8.65. The van der Waals surface area contributed by atoms with Crippen molar-refractivity contribution in [2.24, 2.45) is 10.7 Å². The van der Waals surface area contributed by atoms with Gasteiger partial charge in [-0.1, -0.05) is 0 Å². The second-order valence-electron chi connectivity index (χ2n) is 1.80. The minimum Gasteiger partial charge on any atom is -0.476 e. The van der Waals surface area contributed by atoms with E-state index >= 15 is 0 Å². The summed E-state index contributed by atoms with van der Waals surface area (Å²) in [5, 5.41) is 8.12. The number of nitrogens with zero attached hydrogens (tertiary/aromatic N) is 1. The highest BCUT2D eigenvalue weighted by Gasteiger charge is 2.25. The third-order valence-corrected chi connectivity index (χ3v) is 2.22. The standard InChI is InChI=1S/C4H4N2O4S/c5-4-6-2(3(7)8)1-11(4,9)10/h1H,(H2,5,6)(H,7,8). The molecule has 1 rings (SSSR count). The molecule has 0 saturated heterocycles. The Labute approximate surface area is 62.0 Å². The van der Waals surface area contributed by atoms with Gasteiger partial charge < -0.3 is 10.8 Å². The topological polar surface area (TPSA) is 110 Å². The second kappa shape index (κ2) is 2.06. The first kappa shape index (κ1) is 7.73. The van der Waals surface area contributed by atoms with Crippen molar-refractivity contribution in [1.29, 1.82) is 0 Å². The van der Waals surface area contributed by atoms with Crippen LogP contribution in [-0.2, 0) is 14.6 Å². The van der Waals surface area contributed by atoms with Crippen LogP contribution in [0.4, 0.5) is 0 Å². The molecule has 1 heterocycles. The summed E-state index contributed by atoms with van der Waals surface area (Å²) < 4.78 is 21.4. The van der Waals surface area contributed by atoms with Crippen LogP contribution in [0.25, 0.3) is 0 Å². The monoisotopic (exact) mass is 176 g/mol. The Morgan fingerprint density at radius 3 is 2.36 bits per heavy atom. The Morgan fingerprint density at radius 2 is 2.18 bits per heavy atom. The lowest BCUT2D eigenvalue weighted by Gasteiger charge is -1.84. The van der Waals surface area contributed by atoms with E-state index in [1.54, 1.807) is 0 Å².